The van der Waals surface area contributed by atoms with E-state index in [9.17, 15) is 9.59 Å². The van der Waals surface area contributed by atoms with Crippen LogP contribution in [0.15, 0.2) is 65.6 Å². The molecule has 0 saturated carbocycles. The molecule has 6 nitrogen and oxygen atoms in total. The molecule has 4 rings (SSSR count). The minimum Gasteiger partial charge on any atom is -0.465 e. The van der Waals surface area contributed by atoms with Gasteiger partial charge >= 0.3 is 5.97 Å². The summed E-state index contributed by atoms with van der Waals surface area (Å²) in [5.41, 5.74) is 4.93. The van der Waals surface area contributed by atoms with E-state index >= 15 is 0 Å². The van der Waals surface area contributed by atoms with Crippen molar-refractivity contribution in [2.75, 3.05) is 12.4 Å². The molecule has 0 bridgehead atoms. The molecule has 28 heavy (non-hydrogen) atoms. The van der Waals surface area contributed by atoms with E-state index in [1.165, 1.54) is 18.4 Å². The molecule has 0 atom stereocenters. The van der Waals surface area contributed by atoms with Crippen molar-refractivity contribution in [1.29, 1.82) is 0 Å². The first-order valence-electron chi connectivity index (χ1n) is 8.61. The van der Waals surface area contributed by atoms with Gasteiger partial charge in [0.1, 0.15) is 0 Å². The standard InChI is InChI=1S/C21H17N3O3S/c1-27-21(26)16-7-2-4-8-18(16)23-20(25)17-11-24(10-14-12-28-13-22-14)19-9-5-3-6-15(17)19/h2-9,11-13H,10H2,1H3,(H,23,25). The summed E-state index contributed by atoms with van der Waals surface area (Å²) in [6.45, 7) is 0.579. The number of hydrogen-bond donors (Lipinski definition) is 1. The number of fused-ring (bicyclic) bond motifs is 1. The fourth-order valence-corrected chi connectivity index (χ4v) is 3.67. The molecule has 2 heterocycles. The first-order chi connectivity index (χ1) is 13.7. The molecule has 2 aromatic heterocycles. The van der Waals surface area contributed by atoms with Crippen molar-refractivity contribution in [1.82, 2.24) is 9.55 Å². The summed E-state index contributed by atoms with van der Waals surface area (Å²) < 4.78 is 6.80. The van der Waals surface area contributed by atoms with Crippen molar-refractivity contribution in [2.24, 2.45) is 0 Å². The Balaban J connectivity index is 1.70. The highest BCUT2D eigenvalue weighted by Crippen LogP contribution is 2.24. The summed E-state index contributed by atoms with van der Waals surface area (Å²) in [7, 11) is 1.31. The molecule has 0 saturated heterocycles. The number of carbonyl (C=O) groups is 2. The van der Waals surface area contributed by atoms with Gasteiger partial charge in [-0.25, -0.2) is 9.78 Å². The number of esters is 1. The van der Waals surface area contributed by atoms with Crippen LogP contribution in [0.25, 0.3) is 10.9 Å². The number of rotatable bonds is 5. The Morgan fingerprint density at radius 2 is 1.89 bits per heavy atom. The third-order valence-electron chi connectivity index (χ3n) is 4.43. The van der Waals surface area contributed by atoms with Gasteiger partial charge in [0, 0.05) is 22.5 Å². The van der Waals surface area contributed by atoms with Crippen LogP contribution < -0.4 is 5.32 Å². The fraction of sp³-hybridized carbons (Fsp3) is 0.0952. The number of nitrogens with one attached hydrogen (secondary N) is 1. The second-order valence-electron chi connectivity index (χ2n) is 6.16. The molecule has 1 amide bonds. The molecule has 7 heteroatoms. The second-order valence-corrected chi connectivity index (χ2v) is 6.88. The zero-order valence-corrected chi connectivity index (χ0v) is 15.9. The fourth-order valence-electron chi connectivity index (χ4n) is 3.12. The number of methoxy groups -OCH3 is 1. The summed E-state index contributed by atoms with van der Waals surface area (Å²) in [5.74, 6) is -0.786. The molecule has 4 aromatic rings. The van der Waals surface area contributed by atoms with Gasteiger partial charge < -0.3 is 14.6 Å². The molecular weight excluding hydrogens is 374 g/mol. The SMILES string of the molecule is COC(=O)c1ccccc1NC(=O)c1cn(Cc2cscn2)c2ccccc12. The number of para-hydroxylation sites is 2. The van der Waals surface area contributed by atoms with Crippen molar-refractivity contribution < 1.29 is 14.3 Å². The zero-order valence-electron chi connectivity index (χ0n) is 15.1. The van der Waals surface area contributed by atoms with Crippen molar-refractivity contribution >= 4 is 39.8 Å². The number of ether oxygens (including phenoxy) is 1. The summed E-state index contributed by atoms with van der Waals surface area (Å²) >= 11 is 1.54. The van der Waals surface area contributed by atoms with Crippen LogP contribution in [-0.4, -0.2) is 28.5 Å². The molecule has 0 unspecified atom stereocenters. The monoisotopic (exact) mass is 391 g/mol. The van der Waals surface area contributed by atoms with E-state index in [-0.39, 0.29) is 5.91 Å². The van der Waals surface area contributed by atoms with Gasteiger partial charge in [-0.2, -0.15) is 0 Å². The van der Waals surface area contributed by atoms with E-state index in [0.717, 1.165) is 16.6 Å². The summed E-state index contributed by atoms with van der Waals surface area (Å²) in [6.07, 6.45) is 1.82. The Morgan fingerprint density at radius 1 is 1.11 bits per heavy atom. The number of benzene rings is 2. The lowest BCUT2D eigenvalue weighted by Crippen LogP contribution is -2.15. The van der Waals surface area contributed by atoms with Gasteiger partial charge in [0.05, 0.1) is 41.7 Å². The number of aromatic nitrogens is 2. The molecule has 0 aliphatic carbocycles. The minimum absolute atomic E-state index is 0.287. The maximum Gasteiger partial charge on any atom is 0.339 e. The zero-order chi connectivity index (χ0) is 19.5. The normalized spacial score (nSPS) is 10.8. The maximum absolute atomic E-state index is 13.0. The lowest BCUT2D eigenvalue weighted by molar-refractivity contribution is 0.0602. The quantitative estimate of drug-likeness (QED) is 0.518. The number of hydrogen-bond acceptors (Lipinski definition) is 5. The van der Waals surface area contributed by atoms with Gasteiger partial charge in [0.15, 0.2) is 0 Å². The third kappa shape index (κ3) is 3.39. The molecule has 0 aliphatic rings. The van der Waals surface area contributed by atoms with Gasteiger partial charge in [0.2, 0.25) is 0 Å². The van der Waals surface area contributed by atoms with Gasteiger partial charge in [0.25, 0.3) is 5.91 Å². The van der Waals surface area contributed by atoms with E-state index in [4.69, 9.17) is 4.74 Å². The lowest BCUT2D eigenvalue weighted by Gasteiger charge is -2.09. The number of carbonyl (C=O) groups excluding carboxylic acids is 2. The molecular formula is C21H17N3O3S. The van der Waals surface area contributed by atoms with E-state index < -0.39 is 5.97 Å². The molecule has 0 radical (unpaired) electrons. The minimum atomic E-state index is -0.498. The first kappa shape index (κ1) is 17.9. The number of nitrogens with zero attached hydrogens (tertiary/aromatic N) is 2. The molecule has 0 fully saturated rings. The Morgan fingerprint density at radius 3 is 2.68 bits per heavy atom. The number of anilines is 1. The van der Waals surface area contributed by atoms with Crippen LogP contribution in [0.5, 0.6) is 0 Å². The largest absolute Gasteiger partial charge is 0.465 e. The second kappa shape index (κ2) is 7.66. The molecule has 0 aliphatic heterocycles. The maximum atomic E-state index is 13.0. The Labute approximate surface area is 165 Å². The van der Waals surface area contributed by atoms with E-state index in [2.05, 4.69) is 10.3 Å². The summed E-state index contributed by atoms with van der Waals surface area (Å²) in [6, 6.07) is 14.5. The van der Waals surface area contributed by atoms with Crippen LogP contribution in [0, 0.1) is 0 Å². The Bertz CT molecular complexity index is 1150. The lowest BCUT2D eigenvalue weighted by atomic mass is 10.1. The summed E-state index contributed by atoms with van der Waals surface area (Å²) in [4.78, 5) is 29.3. The number of thiazole rings is 1. The van der Waals surface area contributed by atoms with Gasteiger partial charge in [-0.05, 0) is 18.2 Å². The highest BCUT2D eigenvalue weighted by Gasteiger charge is 2.18. The van der Waals surface area contributed by atoms with Gasteiger partial charge in [-0.15, -0.1) is 11.3 Å². The van der Waals surface area contributed by atoms with Crippen LogP contribution in [0.1, 0.15) is 26.4 Å². The van der Waals surface area contributed by atoms with E-state index in [0.29, 0.717) is 23.4 Å². The Hall–Kier alpha value is -3.45. The topological polar surface area (TPSA) is 73.2 Å². The number of amides is 1. The van der Waals surface area contributed by atoms with Crippen molar-refractivity contribution in [3.63, 3.8) is 0 Å². The molecule has 140 valence electrons. The Kier molecular flexibility index (Phi) is 4.90. The highest BCUT2D eigenvalue weighted by molar-refractivity contribution is 7.07. The predicted octanol–water partition coefficient (Wildman–Crippen LogP) is 4.19. The molecule has 1 N–H and O–H groups in total. The summed E-state index contributed by atoms with van der Waals surface area (Å²) in [5, 5.41) is 5.67. The molecule has 0 spiro atoms. The van der Waals surface area contributed by atoms with E-state index in [1.54, 1.807) is 29.8 Å². The smallest absolute Gasteiger partial charge is 0.339 e. The average molecular weight is 391 g/mol. The van der Waals surface area contributed by atoms with Crippen LogP contribution in [-0.2, 0) is 11.3 Å². The van der Waals surface area contributed by atoms with Crippen molar-refractivity contribution in [3.8, 4) is 0 Å². The van der Waals surface area contributed by atoms with Crippen LogP contribution in [0.4, 0.5) is 5.69 Å². The van der Waals surface area contributed by atoms with Gasteiger partial charge in [-0.3, -0.25) is 4.79 Å². The van der Waals surface area contributed by atoms with Crippen LogP contribution in [0.2, 0.25) is 0 Å². The van der Waals surface area contributed by atoms with Crippen LogP contribution in [0.3, 0.4) is 0 Å². The van der Waals surface area contributed by atoms with Crippen LogP contribution >= 0.6 is 11.3 Å². The van der Waals surface area contributed by atoms with Crippen molar-refractivity contribution in [3.05, 3.63) is 82.4 Å². The highest BCUT2D eigenvalue weighted by atomic mass is 32.1. The van der Waals surface area contributed by atoms with E-state index in [1.807, 2.05) is 40.4 Å². The van der Waals surface area contributed by atoms with Gasteiger partial charge in [-0.1, -0.05) is 30.3 Å². The average Bonchev–Trinajstić information content (AvgIpc) is 3.36. The predicted molar refractivity (Wildman–Crippen MR) is 109 cm³/mol. The first-order valence-corrected chi connectivity index (χ1v) is 9.55. The molecule has 2 aromatic carbocycles. The van der Waals surface area contributed by atoms with Crippen molar-refractivity contribution in [2.45, 2.75) is 6.54 Å². The third-order valence-corrected chi connectivity index (χ3v) is 5.06.